The normalized spacial score (nSPS) is 21.6. The third-order valence-corrected chi connectivity index (χ3v) is 3.63. The average Bonchev–Trinajstić information content (AvgIpc) is 2.32. The number of aryl methyl sites for hydroxylation is 1. The first-order valence-corrected chi connectivity index (χ1v) is 6.33. The highest BCUT2D eigenvalue weighted by Crippen LogP contribution is 2.18. The molecule has 2 heterocycles. The number of hydrogen-bond donors (Lipinski definition) is 1. The van der Waals surface area contributed by atoms with Crippen LogP contribution in [0.25, 0.3) is 0 Å². The molecule has 4 nitrogen and oxygen atoms in total. The molecule has 1 fully saturated rings. The van der Waals surface area contributed by atoms with Crippen LogP contribution in [0.1, 0.15) is 25.7 Å². The Labute approximate surface area is 102 Å². The number of nitrogens with zero attached hydrogens (tertiary/aromatic N) is 2. The Hall–Kier alpha value is -1.29. The largest absolute Gasteiger partial charge is 0.398 e. The number of aromatic nitrogens is 1. The van der Waals surface area contributed by atoms with Gasteiger partial charge in [-0.3, -0.25) is 4.79 Å². The molecule has 94 valence electrons. The van der Waals surface area contributed by atoms with Crippen molar-refractivity contribution >= 4 is 5.69 Å². The van der Waals surface area contributed by atoms with Crippen molar-refractivity contribution in [2.75, 3.05) is 19.3 Å². The van der Waals surface area contributed by atoms with Crippen LogP contribution >= 0.6 is 0 Å². The van der Waals surface area contributed by atoms with E-state index in [-0.39, 0.29) is 5.56 Å². The molecule has 0 radical (unpaired) electrons. The van der Waals surface area contributed by atoms with Gasteiger partial charge in [-0.2, -0.15) is 0 Å². The first-order valence-electron chi connectivity index (χ1n) is 6.33. The van der Waals surface area contributed by atoms with Crippen LogP contribution in [0.15, 0.2) is 23.1 Å². The van der Waals surface area contributed by atoms with E-state index < -0.39 is 0 Å². The summed E-state index contributed by atoms with van der Waals surface area (Å²) in [6.45, 7) is 1.94. The van der Waals surface area contributed by atoms with Crippen LogP contribution in [-0.4, -0.2) is 29.1 Å². The molecule has 0 aromatic carbocycles. The van der Waals surface area contributed by atoms with Crippen LogP contribution < -0.4 is 11.3 Å². The number of nitrogen functional groups attached to an aromatic ring is 1. The van der Waals surface area contributed by atoms with Gasteiger partial charge in [0, 0.05) is 30.5 Å². The minimum absolute atomic E-state index is 0.0395. The van der Waals surface area contributed by atoms with E-state index in [1.165, 1.54) is 25.8 Å². The molecule has 4 heteroatoms. The highest BCUT2D eigenvalue weighted by atomic mass is 16.1. The molecule has 2 rings (SSSR count). The smallest absolute Gasteiger partial charge is 0.250 e. The minimum atomic E-state index is 0.0395. The molecule has 1 unspecified atom stereocenters. The molecule has 0 aliphatic carbocycles. The van der Waals surface area contributed by atoms with Gasteiger partial charge in [-0.05, 0) is 38.9 Å². The van der Waals surface area contributed by atoms with E-state index in [0.717, 1.165) is 13.0 Å². The lowest BCUT2D eigenvalue weighted by molar-refractivity contribution is 0.170. The topological polar surface area (TPSA) is 51.3 Å². The van der Waals surface area contributed by atoms with Gasteiger partial charge in [-0.25, -0.2) is 0 Å². The molecule has 2 N–H and O–H groups in total. The fraction of sp³-hybridized carbons (Fsp3) is 0.615. The van der Waals surface area contributed by atoms with Gasteiger partial charge in [0.1, 0.15) is 0 Å². The third-order valence-electron chi connectivity index (χ3n) is 3.63. The van der Waals surface area contributed by atoms with E-state index in [0.29, 0.717) is 11.7 Å². The van der Waals surface area contributed by atoms with E-state index in [1.54, 1.807) is 22.9 Å². The number of hydrogen-bond acceptors (Lipinski definition) is 3. The highest BCUT2D eigenvalue weighted by Gasteiger charge is 2.18. The Morgan fingerprint density at radius 1 is 1.41 bits per heavy atom. The van der Waals surface area contributed by atoms with Crippen molar-refractivity contribution in [3.63, 3.8) is 0 Å². The van der Waals surface area contributed by atoms with Gasteiger partial charge in [0.25, 0.3) is 5.56 Å². The van der Waals surface area contributed by atoms with Crippen molar-refractivity contribution < 1.29 is 0 Å². The number of likely N-dealkylation sites (tertiary alicyclic amines) is 1. The quantitative estimate of drug-likeness (QED) is 0.859. The van der Waals surface area contributed by atoms with Gasteiger partial charge in [-0.1, -0.05) is 6.42 Å². The zero-order valence-electron chi connectivity index (χ0n) is 10.4. The molecule has 1 aromatic rings. The predicted octanol–water partition coefficient (Wildman–Crippen LogP) is 1.30. The fourth-order valence-corrected chi connectivity index (χ4v) is 2.52. The summed E-state index contributed by atoms with van der Waals surface area (Å²) < 4.78 is 1.72. The van der Waals surface area contributed by atoms with E-state index >= 15 is 0 Å². The Kier molecular flexibility index (Phi) is 3.84. The summed E-state index contributed by atoms with van der Waals surface area (Å²) in [4.78, 5) is 14.0. The van der Waals surface area contributed by atoms with Crippen molar-refractivity contribution in [3.8, 4) is 0 Å². The first kappa shape index (κ1) is 12.2. The van der Waals surface area contributed by atoms with Crippen LogP contribution in [0.2, 0.25) is 0 Å². The molecular formula is C13H21N3O. The average molecular weight is 235 g/mol. The second-order valence-corrected chi connectivity index (χ2v) is 4.91. The third kappa shape index (κ3) is 3.09. The fourth-order valence-electron chi connectivity index (χ4n) is 2.52. The van der Waals surface area contributed by atoms with Crippen molar-refractivity contribution in [1.29, 1.82) is 0 Å². The maximum atomic E-state index is 11.6. The number of piperidine rings is 1. The zero-order valence-corrected chi connectivity index (χ0v) is 10.4. The zero-order chi connectivity index (χ0) is 12.3. The van der Waals surface area contributed by atoms with E-state index in [4.69, 9.17) is 5.73 Å². The SMILES string of the molecule is CN1CCCCC1CCn1cc(N)ccc1=O. The van der Waals surface area contributed by atoms with E-state index in [9.17, 15) is 4.79 Å². The second kappa shape index (κ2) is 5.36. The van der Waals surface area contributed by atoms with Crippen LogP contribution in [0.5, 0.6) is 0 Å². The van der Waals surface area contributed by atoms with E-state index in [1.807, 2.05) is 0 Å². The molecule has 17 heavy (non-hydrogen) atoms. The lowest BCUT2D eigenvalue weighted by Gasteiger charge is -2.32. The lowest BCUT2D eigenvalue weighted by Crippen LogP contribution is -2.37. The molecule has 1 saturated heterocycles. The standard InChI is InChI=1S/C13H21N3O/c1-15-8-3-2-4-12(15)7-9-16-10-11(14)5-6-13(16)17/h5-6,10,12H,2-4,7-9,14H2,1H3. The molecule has 1 aliphatic heterocycles. The Balaban J connectivity index is 1.97. The molecular weight excluding hydrogens is 214 g/mol. The molecule has 0 amide bonds. The highest BCUT2D eigenvalue weighted by molar-refractivity contribution is 5.33. The van der Waals surface area contributed by atoms with Crippen molar-refractivity contribution in [2.45, 2.75) is 38.3 Å². The van der Waals surface area contributed by atoms with Crippen LogP contribution in [0, 0.1) is 0 Å². The second-order valence-electron chi connectivity index (χ2n) is 4.91. The van der Waals surface area contributed by atoms with Crippen molar-refractivity contribution in [3.05, 3.63) is 28.7 Å². The van der Waals surface area contributed by atoms with Gasteiger partial charge in [0.05, 0.1) is 0 Å². The Morgan fingerprint density at radius 2 is 2.24 bits per heavy atom. The van der Waals surface area contributed by atoms with Gasteiger partial charge < -0.3 is 15.2 Å². The predicted molar refractivity (Wildman–Crippen MR) is 70.0 cm³/mol. The maximum absolute atomic E-state index is 11.6. The number of nitrogens with two attached hydrogens (primary N) is 1. The van der Waals surface area contributed by atoms with E-state index in [2.05, 4.69) is 11.9 Å². The summed E-state index contributed by atoms with van der Waals surface area (Å²) in [5.74, 6) is 0. The summed E-state index contributed by atoms with van der Waals surface area (Å²) in [6, 6.07) is 3.81. The van der Waals surface area contributed by atoms with Gasteiger partial charge >= 0.3 is 0 Å². The minimum Gasteiger partial charge on any atom is -0.398 e. The van der Waals surface area contributed by atoms with Crippen molar-refractivity contribution in [1.82, 2.24) is 9.47 Å². The molecule has 0 saturated carbocycles. The summed E-state index contributed by atoms with van der Waals surface area (Å²) in [5.41, 5.74) is 6.39. The van der Waals surface area contributed by atoms with Gasteiger partial charge in [0.2, 0.25) is 0 Å². The number of pyridine rings is 1. The lowest BCUT2D eigenvalue weighted by atomic mass is 10.0. The van der Waals surface area contributed by atoms with Gasteiger partial charge in [0.15, 0.2) is 0 Å². The molecule has 1 aromatic heterocycles. The van der Waals surface area contributed by atoms with Crippen LogP contribution in [0.3, 0.4) is 0 Å². The van der Waals surface area contributed by atoms with Crippen LogP contribution in [-0.2, 0) is 6.54 Å². The molecule has 1 aliphatic rings. The summed E-state index contributed by atoms with van der Waals surface area (Å²) >= 11 is 0. The molecule has 0 spiro atoms. The number of rotatable bonds is 3. The number of anilines is 1. The molecule has 0 bridgehead atoms. The first-order chi connectivity index (χ1) is 8.16. The summed E-state index contributed by atoms with van der Waals surface area (Å²) in [6.07, 6.45) is 6.62. The summed E-state index contributed by atoms with van der Waals surface area (Å²) in [5, 5.41) is 0. The van der Waals surface area contributed by atoms with Crippen LogP contribution in [0.4, 0.5) is 5.69 Å². The molecule has 1 atom stereocenters. The Bertz CT molecular complexity index is 427. The van der Waals surface area contributed by atoms with Crippen molar-refractivity contribution in [2.24, 2.45) is 0 Å². The summed E-state index contributed by atoms with van der Waals surface area (Å²) in [7, 11) is 2.17. The van der Waals surface area contributed by atoms with Gasteiger partial charge in [-0.15, -0.1) is 0 Å². The Morgan fingerprint density at radius 3 is 3.00 bits per heavy atom. The monoisotopic (exact) mass is 235 g/mol. The maximum Gasteiger partial charge on any atom is 0.250 e.